The molecule has 0 atom stereocenters. The maximum Gasteiger partial charge on any atom is 0.248 e. The normalized spacial score (nSPS) is 10.6. The molecule has 0 saturated carbocycles. The summed E-state index contributed by atoms with van der Waals surface area (Å²) < 4.78 is 0. The Morgan fingerprint density at radius 3 is 2.58 bits per heavy atom. The largest absolute Gasteiger partial charge is 0.366 e. The van der Waals surface area contributed by atoms with Crippen LogP contribution in [0.3, 0.4) is 0 Å². The summed E-state index contributed by atoms with van der Waals surface area (Å²) in [7, 11) is 0. The lowest BCUT2D eigenvalue weighted by atomic mass is 10.1. The molecule has 1 aromatic carbocycles. The molecule has 1 aromatic heterocycles. The number of aryl methyl sites for hydroxylation is 1. The van der Waals surface area contributed by atoms with Crippen molar-refractivity contribution in [2.75, 3.05) is 0 Å². The van der Waals surface area contributed by atoms with E-state index in [1.165, 1.54) is 10.4 Å². The lowest BCUT2D eigenvalue weighted by Gasteiger charge is -2.06. The molecule has 4 heteroatoms. The van der Waals surface area contributed by atoms with Crippen LogP contribution in [-0.2, 0) is 19.5 Å². The maximum atomic E-state index is 11.0. The Balaban J connectivity index is 1.87. The lowest BCUT2D eigenvalue weighted by molar-refractivity contribution is 0.100. The number of hydrogen-bond acceptors (Lipinski definition) is 3. The summed E-state index contributed by atoms with van der Waals surface area (Å²) in [5, 5.41) is 5.56. The molecule has 0 saturated heterocycles. The van der Waals surface area contributed by atoms with E-state index in [9.17, 15) is 4.79 Å². The second-order valence-electron chi connectivity index (χ2n) is 4.39. The molecule has 1 heterocycles. The molecule has 0 aliphatic carbocycles. The van der Waals surface area contributed by atoms with Gasteiger partial charge in [0.15, 0.2) is 0 Å². The Morgan fingerprint density at radius 1 is 1.21 bits per heavy atom. The molecular formula is C15H18N2OS. The minimum Gasteiger partial charge on any atom is -0.366 e. The monoisotopic (exact) mass is 274 g/mol. The van der Waals surface area contributed by atoms with Gasteiger partial charge in [-0.3, -0.25) is 4.79 Å². The Hall–Kier alpha value is -1.65. The highest BCUT2D eigenvalue weighted by Gasteiger charge is 2.02. The zero-order valence-corrected chi connectivity index (χ0v) is 11.8. The van der Waals surface area contributed by atoms with Crippen LogP contribution in [0, 0.1) is 0 Å². The van der Waals surface area contributed by atoms with E-state index in [2.05, 4.69) is 23.7 Å². The number of nitrogens with two attached hydrogens (primary N) is 1. The predicted molar refractivity (Wildman–Crippen MR) is 79.2 cm³/mol. The first kappa shape index (κ1) is 13.8. The second kappa shape index (κ2) is 6.50. The SMILES string of the molecule is CCc1ccsc1CNCc1ccc(C(N)=O)cc1. The number of hydrogen-bond donors (Lipinski definition) is 2. The van der Waals surface area contributed by atoms with Crippen molar-refractivity contribution in [3.8, 4) is 0 Å². The first-order valence-electron chi connectivity index (χ1n) is 6.35. The van der Waals surface area contributed by atoms with Gasteiger partial charge in [0.2, 0.25) is 5.91 Å². The van der Waals surface area contributed by atoms with E-state index >= 15 is 0 Å². The number of amides is 1. The lowest BCUT2D eigenvalue weighted by Crippen LogP contribution is -2.14. The van der Waals surface area contributed by atoms with Crippen LogP contribution in [-0.4, -0.2) is 5.91 Å². The van der Waals surface area contributed by atoms with Gasteiger partial charge in [0.05, 0.1) is 0 Å². The molecule has 1 amide bonds. The number of thiophene rings is 1. The fourth-order valence-corrected chi connectivity index (χ4v) is 2.89. The molecule has 3 N–H and O–H groups in total. The third-order valence-corrected chi connectivity index (χ3v) is 4.03. The second-order valence-corrected chi connectivity index (χ2v) is 5.39. The smallest absolute Gasteiger partial charge is 0.248 e. The van der Waals surface area contributed by atoms with Crippen LogP contribution in [0.15, 0.2) is 35.7 Å². The van der Waals surface area contributed by atoms with Crippen LogP contribution in [0.4, 0.5) is 0 Å². The zero-order chi connectivity index (χ0) is 13.7. The number of carbonyl (C=O) groups is 1. The van der Waals surface area contributed by atoms with Gasteiger partial charge in [0, 0.05) is 23.5 Å². The minimum atomic E-state index is -0.384. The van der Waals surface area contributed by atoms with Crippen molar-refractivity contribution in [3.63, 3.8) is 0 Å². The summed E-state index contributed by atoms with van der Waals surface area (Å²) in [6.45, 7) is 3.85. The van der Waals surface area contributed by atoms with Gasteiger partial charge in [-0.05, 0) is 41.1 Å². The molecule has 0 bridgehead atoms. The van der Waals surface area contributed by atoms with Crippen molar-refractivity contribution in [1.82, 2.24) is 5.32 Å². The predicted octanol–water partition coefficient (Wildman–Crippen LogP) is 2.70. The number of rotatable bonds is 6. The van der Waals surface area contributed by atoms with Gasteiger partial charge in [-0.2, -0.15) is 0 Å². The highest BCUT2D eigenvalue weighted by Crippen LogP contribution is 2.17. The van der Waals surface area contributed by atoms with Crippen LogP contribution in [0.2, 0.25) is 0 Å². The van der Waals surface area contributed by atoms with E-state index in [0.717, 1.165) is 25.1 Å². The van der Waals surface area contributed by atoms with Crippen LogP contribution in [0.25, 0.3) is 0 Å². The topological polar surface area (TPSA) is 55.1 Å². The molecule has 0 aliphatic rings. The molecular weight excluding hydrogens is 256 g/mol. The van der Waals surface area contributed by atoms with Crippen molar-refractivity contribution in [1.29, 1.82) is 0 Å². The third kappa shape index (κ3) is 3.66. The molecule has 0 fully saturated rings. The first-order chi connectivity index (χ1) is 9.20. The molecule has 3 nitrogen and oxygen atoms in total. The fraction of sp³-hybridized carbons (Fsp3) is 0.267. The highest BCUT2D eigenvalue weighted by molar-refractivity contribution is 7.10. The van der Waals surface area contributed by atoms with Gasteiger partial charge in [0.25, 0.3) is 0 Å². The fourth-order valence-electron chi connectivity index (χ4n) is 1.94. The summed E-state index contributed by atoms with van der Waals surface area (Å²) in [6.07, 6.45) is 1.08. The van der Waals surface area contributed by atoms with Gasteiger partial charge >= 0.3 is 0 Å². The summed E-state index contributed by atoms with van der Waals surface area (Å²) in [6, 6.07) is 9.58. The van der Waals surface area contributed by atoms with Crippen molar-refractivity contribution in [3.05, 3.63) is 57.3 Å². The number of nitrogens with one attached hydrogen (secondary N) is 1. The van der Waals surface area contributed by atoms with E-state index in [1.54, 1.807) is 23.5 Å². The first-order valence-corrected chi connectivity index (χ1v) is 7.23. The van der Waals surface area contributed by atoms with Crippen LogP contribution in [0.5, 0.6) is 0 Å². The molecule has 2 rings (SSSR count). The van der Waals surface area contributed by atoms with Crippen LogP contribution >= 0.6 is 11.3 Å². The van der Waals surface area contributed by atoms with Gasteiger partial charge in [-0.15, -0.1) is 11.3 Å². The Bertz CT molecular complexity index is 546. The van der Waals surface area contributed by atoms with E-state index < -0.39 is 0 Å². The standard InChI is InChI=1S/C15H18N2OS/c1-2-12-7-8-19-14(12)10-17-9-11-3-5-13(6-4-11)15(16)18/h3-8,17H,2,9-10H2,1H3,(H2,16,18). The summed E-state index contributed by atoms with van der Waals surface area (Å²) in [5.41, 5.74) is 8.33. The van der Waals surface area contributed by atoms with Gasteiger partial charge < -0.3 is 11.1 Å². The molecule has 19 heavy (non-hydrogen) atoms. The quantitative estimate of drug-likeness (QED) is 0.851. The van der Waals surface area contributed by atoms with Gasteiger partial charge in [-0.25, -0.2) is 0 Å². The van der Waals surface area contributed by atoms with E-state index in [0.29, 0.717) is 5.56 Å². The minimum absolute atomic E-state index is 0.384. The van der Waals surface area contributed by atoms with E-state index in [-0.39, 0.29) is 5.91 Å². The Morgan fingerprint density at radius 2 is 1.95 bits per heavy atom. The van der Waals surface area contributed by atoms with E-state index in [1.807, 2.05) is 12.1 Å². The van der Waals surface area contributed by atoms with Crippen molar-refractivity contribution in [2.45, 2.75) is 26.4 Å². The number of primary amides is 1. The molecule has 0 radical (unpaired) electrons. The van der Waals surface area contributed by atoms with Crippen molar-refractivity contribution >= 4 is 17.2 Å². The molecule has 0 spiro atoms. The van der Waals surface area contributed by atoms with Crippen LogP contribution in [0.1, 0.15) is 33.3 Å². The molecule has 100 valence electrons. The Kier molecular flexibility index (Phi) is 4.71. The van der Waals surface area contributed by atoms with Crippen LogP contribution < -0.4 is 11.1 Å². The summed E-state index contributed by atoms with van der Waals surface area (Å²) >= 11 is 1.79. The number of benzene rings is 1. The van der Waals surface area contributed by atoms with Crippen molar-refractivity contribution < 1.29 is 4.79 Å². The average Bonchev–Trinajstić information content (AvgIpc) is 2.87. The zero-order valence-electron chi connectivity index (χ0n) is 11.0. The molecule has 0 unspecified atom stereocenters. The molecule has 2 aromatic rings. The third-order valence-electron chi connectivity index (χ3n) is 3.07. The maximum absolute atomic E-state index is 11.0. The van der Waals surface area contributed by atoms with E-state index in [4.69, 9.17) is 5.73 Å². The Labute approximate surface area is 117 Å². The van der Waals surface area contributed by atoms with Crippen molar-refractivity contribution in [2.24, 2.45) is 5.73 Å². The summed E-state index contributed by atoms with van der Waals surface area (Å²) in [4.78, 5) is 12.4. The van der Waals surface area contributed by atoms with Gasteiger partial charge in [-0.1, -0.05) is 19.1 Å². The molecule has 0 aliphatic heterocycles. The average molecular weight is 274 g/mol. The summed E-state index contributed by atoms with van der Waals surface area (Å²) in [5.74, 6) is -0.384. The highest BCUT2D eigenvalue weighted by atomic mass is 32.1. The number of carbonyl (C=O) groups excluding carboxylic acids is 1. The van der Waals surface area contributed by atoms with Gasteiger partial charge in [0.1, 0.15) is 0 Å².